The molecule has 0 radical (unpaired) electrons. The molecule has 4 atom stereocenters. The molecule has 148 valence electrons. The molecule has 4 fully saturated rings. The predicted molar refractivity (Wildman–Crippen MR) is 97.8 cm³/mol. The summed E-state index contributed by atoms with van der Waals surface area (Å²) in [6, 6.07) is 1.73. The maximum Gasteiger partial charge on any atom is 0.273 e. The molecule has 4 aliphatic rings. The van der Waals surface area contributed by atoms with Gasteiger partial charge in [0.2, 0.25) is 10.0 Å². The zero-order chi connectivity index (χ0) is 18.6. The molecule has 1 aromatic heterocycles. The molecule has 2 unspecified atom stereocenters. The topological polar surface area (TPSA) is 105 Å². The van der Waals surface area contributed by atoms with Crippen LogP contribution >= 0.6 is 0 Å². The van der Waals surface area contributed by atoms with Crippen LogP contribution in [-0.2, 0) is 10.0 Å². The Labute approximate surface area is 159 Å². The summed E-state index contributed by atoms with van der Waals surface area (Å²) in [6.07, 6.45) is 6.00. The largest absolute Gasteiger partial charge is 0.360 e. The van der Waals surface area contributed by atoms with E-state index in [1.165, 1.54) is 0 Å². The minimum atomic E-state index is -3.27. The predicted octanol–water partition coefficient (Wildman–Crippen LogP) is 0.969. The van der Waals surface area contributed by atoms with Crippen molar-refractivity contribution in [1.82, 2.24) is 20.1 Å². The Morgan fingerprint density at radius 1 is 1.19 bits per heavy atom. The van der Waals surface area contributed by atoms with Gasteiger partial charge < -0.3 is 15.2 Å². The van der Waals surface area contributed by atoms with Gasteiger partial charge in [0, 0.05) is 36.7 Å². The van der Waals surface area contributed by atoms with Crippen molar-refractivity contribution in [3.8, 4) is 0 Å². The van der Waals surface area contributed by atoms with Gasteiger partial charge in [-0.1, -0.05) is 5.16 Å². The van der Waals surface area contributed by atoms with Gasteiger partial charge in [0.1, 0.15) is 5.76 Å². The summed E-state index contributed by atoms with van der Waals surface area (Å²) in [6.45, 7) is 1.32. The molecule has 1 amide bonds. The van der Waals surface area contributed by atoms with Crippen LogP contribution < -0.4 is 10.6 Å². The molecule has 1 aromatic rings. The summed E-state index contributed by atoms with van der Waals surface area (Å²) in [5, 5.41) is 9.81. The van der Waals surface area contributed by atoms with Gasteiger partial charge >= 0.3 is 0 Å². The fourth-order valence-electron chi connectivity index (χ4n) is 4.94. The number of nitrogens with zero attached hydrogens (tertiary/aromatic N) is 2. The smallest absolute Gasteiger partial charge is 0.273 e. The summed E-state index contributed by atoms with van der Waals surface area (Å²) in [5.41, 5.74) is 0.330. The number of hydrogen-bond donors (Lipinski definition) is 2. The molecule has 4 heterocycles. The lowest BCUT2D eigenvalue weighted by molar-refractivity contribution is 0.0900. The lowest BCUT2D eigenvalue weighted by atomic mass is 9.99. The number of carbonyl (C=O) groups excluding carboxylic acids is 1. The van der Waals surface area contributed by atoms with Gasteiger partial charge in [0.15, 0.2) is 5.69 Å². The third kappa shape index (κ3) is 3.19. The van der Waals surface area contributed by atoms with E-state index in [1.807, 2.05) is 0 Å². The van der Waals surface area contributed by atoms with Crippen LogP contribution in [-0.4, -0.2) is 60.3 Å². The molecule has 3 saturated heterocycles. The lowest BCUT2D eigenvalue weighted by Crippen LogP contribution is -2.54. The Hall–Kier alpha value is -1.45. The van der Waals surface area contributed by atoms with Crippen molar-refractivity contribution < 1.29 is 17.7 Å². The molecule has 9 heteroatoms. The van der Waals surface area contributed by atoms with E-state index in [-0.39, 0.29) is 29.3 Å². The number of rotatable bonds is 5. The van der Waals surface area contributed by atoms with Gasteiger partial charge in [-0.05, 0) is 51.5 Å². The Morgan fingerprint density at radius 3 is 2.56 bits per heavy atom. The molecule has 1 aliphatic carbocycles. The van der Waals surface area contributed by atoms with Crippen molar-refractivity contribution in [3.63, 3.8) is 0 Å². The number of nitrogens with one attached hydrogen (secondary N) is 2. The normalized spacial score (nSPS) is 34.1. The van der Waals surface area contributed by atoms with Gasteiger partial charge in [0.05, 0.1) is 5.25 Å². The van der Waals surface area contributed by atoms with Crippen LogP contribution in [0.1, 0.15) is 67.1 Å². The molecular weight excluding hydrogens is 368 g/mol. The van der Waals surface area contributed by atoms with E-state index in [9.17, 15) is 13.2 Å². The minimum absolute atomic E-state index is 0.000941. The van der Waals surface area contributed by atoms with Crippen molar-refractivity contribution in [2.45, 2.75) is 74.2 Å². The average Bonchev–Trinajstić information content (AvgIpc) is 3.07. The Balaban J connectivity index is 1.25. The number of carbonyl (C=O) groups is 1. The van der Waals surface area contributed by atoms with Crippen LogP contribution in [0, 0.1) is 0 Å². The summed E-state index contributed by atoms with van der Waals surface area (Å²) in [7, 11) is -3.27. The van der Waals surface area contributed by atoms with Crippen molar-refractivity contribution >= 4 is 15.9 Å². The molecule has 27 heavy (non-hydrogen) atoms. The van der Waals surface area contributed by atoms with Crippen LogP contribution in [0.15, 0.2) is 10.6 Å². The van der Waals surface area contributed by atoms with Gasteiger partial charge in [-0.2, -0.15) is 4.31 Å². The van der Waals surface area contributed by atoms with Crippen LogP contribution in [0.5, 0.6) is 0 Å². The van der Waals surface area contributed by atoms with E-state index in [4.69, 9.17) is 4.52 Å². The number of amides is 1. The maximum absolute atomic E-state index is 13.0. The number of sulfonamides is 1. The summed E-state index contributed by atoms with van der Waals surface area (Å²) in [5.74, 6) is 1.01. The molecule has 2 N–H and O–H groups in total. The monoisotopic (exact) mass is 394 g/mol. The third-order valence-corrected chi connectivity index (χ3v) is 8.90. The standard InChI is InChI=1S/C18H26N4O4S/c23-18(16-9-17(26-21-16)11-1-2-11)20-12-7-13-3-4-14(8-12)22(13)27(24,25)15-5-6-19-10-15/h9,11-15,19H,1-8,10H2,(H,20,23)/t12?,13-,14+,15?. The molecule has 8 nitrogen and oxygen atoms in total. The summed E-state index contributed by atoms with van der Waals surface area (Å²) < 4.78 is 33.1. The van der Waals surface area contributed by atoms with Crippen molar-refractivity contribution in [2.75, 3.05) is 13.1 Å². The second-order valence-electron chi connectivity index (χ2n) is 8.41. The first kappa shape index (κ1) is 17.6. The first-order chi connectivity index (χ1) is 13.0. The third-order valence-electron chi connectivity index (χ3n) is 6.47. The van der Waals surface area contributed by atoms with Crippen LogP contribution in [0.4, 0.5) is 0 Å². The maximum atomic E-state index is 13.0. The Bertz CT molecular complexity index is 814. The fraction of sp³-hybridized carbons (Fsp3) is 0.778. The number of fused-ring (bicyclic) bond motifs is 2. The molecule has 5 rings (SSSR count). The van der Waals surface area contributed by atoms with E-state index < -0.39 is 10.0 Å². The average molecular weight is 394 g/mol. The van der Waals surface area contributed by atoms with E-state index in [1.54, 1.807) is 10.4 Å². The van der Waals surface area contributed by atoms with Gasteiger partial charge in [0.25, 0.3) is 5.91 Å². The van der Waals surface area contributed by atoms with Crippen LogP contribution in [0.2, 0.25) is 0 Å². The second-order valence-corrected chi connectivity index (χ2v) is 10.5. The van der Waals surface area contributed by atoms with Gasteiger partial charge in [-0.25, -0.2) is 8.42 Å². The second kappa shape index (κ2) is 6.56. The van der Waals surface area contributed by atoms with Crippen molar-refractivity contribution in [3.05, 3.63) is 17.5 Å². The number of piperidine rings is 1. The highest BCUT2D eigenvalue weighted by molar-refractivity contribution is 7.89. The zero-order valence-corrected chi connectivity index (χ0v) is 16.1. The highest BCUT2D eigenvalue weighted by atomic mass is 32.2. The highest BCUT2D eigenvalue weighted by Crippen LogP contribution is 2.41. The Kier molecular flexibility index (Phi) is 4.29. The van der Waals surface area contributed by atoms with Crippen molar-refractivity contribution in [1.29, 1.82) is 0 Å². The number of hydrogen-bond acceptors (Lipinski definition) is 6. The molecule has 0 spiro atoms. The van der Waals surface area contributed by atoms with Crippen LogP contribution in [0.25, 0.3) is 0 Å². The summed E-state index contributed by atoms with van der Waals surface area (Å²) in [4.78, 5) is 12.5. The fourth-order valence-corrected chi connectivity index (χ4v) is 7.24. The van der Waals surface area contributed by atoms with Gasteiger partial charge in [-0.3, -0.25) is 4.79 Å². The highest BCUT2D eigenvalue weighted by Gasteiger charge is 2.49. The zero-order valence-electron chi connectivity index (χ0n) is 15.3. The SMILES string of the molecule is O=C(NC1C[C@H]2CC[C@@H](C1)N2S(=O)(=O)C1CCNC1)c1cc(C2CC2)on1. The number of aromatic nitrogens is 1. The first-order valence-corrected chi connectivity index (χ1v) is 11.5. The lowest BCUT2D eigenvalue weighted by Gasteiger charge is -2.39. The van der Waals surface area contributed by atoms with Crippen molar-refractivity contribution in [2.24, 2.45) is 0 Å². The van der Waals surface area contributed by atoms with E-state index in [0.717, 1.165) is 38.0 Å². The molecular formula is C18H26N4O4S. The van der Waals surface area contributed by atoms with E-state index >= 15 is 0 Å². The first-order valence-electron chi connectivity index (χ1n) is 10.0. The Morgan fingerprint density at radius 2 is 1.93 bits per heavy atom. The molecule has 3 aliphatic heterocycles. The van der Waals surface area contributed by atoms with Gasteiger partial charge in [-0.15, -0.1) is 0 Å². The quantitative estimate of drug-likeness (QED) is 0.771. The van der Waals surface area contributed by atoms with Crippen LogP contribution in [0.3, 0.4) is 0 Å². The van der Waals surface area contributed by atoms with E-state index in [0.29, 0.717) is 37.4 Å². The summed E-state index contributed by atoms with van der Waals surface area (Å²) >= 11 is 0. The van der Waals surface area contributed by atoms with E-state index in [2.05, 4.69) is 15.8 Å². The molecule has 0 aromatic carbocycles. The molecule has 2 bridgehead atoms. The minimum Gasteiger partial charge on any atom is -0.360 e. The molecule has 1 saturated carbocycles.